The van der Waals surface area contributed by atoms with Gasteiger partial charge in [0.1, 0.15) is 0 Å². The summed E-state index contributed by atoms with van der Waals surface area (Å²) in [6, 6.07) is 0.632. The molecule has 1 aliphatic heterocycles. The summed E-state index contributed by atoms with van der Waals surface area (Å²) in [6.45, 7) is 5.87. The number of rotatable bonds is 7. The molecule has 0 aromatic heterocycles. The van der Waals surface area contributed by atoms with Crippen LogP contribution < -0.4 is 5.73 Å². The lowest BCUT2D eigenvalue weighted by Crippen LogP contribution is -2.48. The van der Waals surface area contributed by atoms with Crippen LogP contribution in [0.4, 0.5) is 0 Å². The Morgan fingerprint density at radius 1 is 1.53 bits per heavy atom. The van der Waals surface area contributed by atoms with Crippen molar-refractivity contribution in [3.63, 3.8) is 0 Å². The van der Waals surface area contributed by atoms with Gasteiger partial charge in [0, 0.05) is 31.2 Å². The van der Waals surface area contributed by atoms with Crippen LogP contribution in [0.5, 0.6) is 0 Å². The normalized spacial score (nSPS) is 27.4. The molecule has 102 valence electrons. The van der Waals surface area contributed by atoms with Crippen LogP contribution >= 0.6 is 11.8 Å². The fourth-order valence-electron chi connectivity index (χ4n) is 2.45. The lowest BCUT2D eigenvalue weighted by molar-refractivity contribution is -0.0230. The number of ether oxygens (including phenoxy) is 1. The average Bonchev–Trinajstić information content (AvgIpc) is 2.36. The maximum absolute atomic E-state index is 5.98. The number of thioether (sulfide) groups is 1. The smallest absolute Gasteiger partial charge is 0.0546 e. The van der Waals surface area contributed by atoms with Crippen LogP contribution in [0.1, 0.15) is 26.2 Å². The van der Waals surface area contributed by atoms with Gasteiger partial charge in [-0.05, 0) is 45.2 Å². The third kappa shape index (κ3) is 4.78. The van der Waals surface area contributed by atoms with Crippen LogP contribution in [0.25, 0.3) is 0 Å². The number of nitrogens with two attached hydrogens (primary N) is 1. The molecule has 1 heterocycles. The van der Waals surface area contributed by atoms with Crippen molar-refractivity contribution >= 4 is 11.8 Å². The van der Waals surface area contributed by atoms with Gasteiger partial charge in [0.15, 0.2) is 0 Å². The summed E-state index contributed by atoms with van der Waals surface area (Å²) in [6.07, 6.45) is 5.79. The molecule has 1 saturated heterocycles. The van der Waals surface area contributed by atoms with E-state index in [9.17, 15) is 0 Å². The highest BCUT2D eigenvalue weighted by Gasteiger charge is 2.33. The number of hydrogen-bond donors (Lipinski definition) is 1. The third-order valence-electron chi connectivity index (χ3n) is 3.91. The van der Waals surface area contributed by atoms with Gasteiger partial charge in [0.05, 0.1) is 6.61 Å². The minimum atomic E-state index is 0.195. The first-order chi connectivity index (χ1) is 8.13. The Balaban J connectivity index is 2.43. The molecule has 0 aromatic rings. The van der Waals surface area contributed by atoms with Gasteiger partial charge < -0.3 is 15.4 Å². The van der Waals surface area contributed by atoms with E-state index >= 15 is 0 Å². The van der Waals surface area contributed by atoms with Gasteiger partial charge in [-0.25, -0.2) is 0 Å². The highest BCUT2D eigenvalue weighted by Crippen LogP contribution is 2.29. The maximum atomic E-state index is 5.98. The zero-order valence-corrected chi connectivity index (χ0v) is 12.4. The van der Waals surface area contributed by atoms with E-state index in [2.05, 4.69) is 25.1 Å². The minimum Gasteiger partial charge on any atom is -0.381 e. The van der Waals surface area contributed by atoms with Gasteiger partial charge >= 0.3 is 0 Å². The van der Waals surface area contributed by atoms with Gasteiger partial charge in [-0.2, -0.15) is 11.8 Å². The zero-order chi connectivity index (χ0) is 12.7. The van der Waals surface area contributed by atoms with Gasteiger partial charge in [-0.1, -0.05) is 0 Å². The van der Waals surface area contributed by atoms with Crippen molar-refractivity contribution in [2.45, 2.75) is 32.2 Å². The predicted octanol–water partition coefficient (Wildman–Crippen LogP) is 1.82. The van der Waals surface area contributed by atoms with Crippen molar-refractivity contribution < 1.29 is 4.74 Å². The fourth-order valence-corrected chi connectivity index (χ4v) is 3.03. The second kappa shape index (κ2) is 7.62. The fraction of sp³-hybridized carbons (Fsp3) is 1.00. The first kappa shape index (κ1) is 15.3. The van der Waals surface area contributed by atoms with E-state index in [1.165, 1.54) is 18.6 Å². The van der Waals surface area contributed by atoms with Crippen molar-refractivity contribution in [2.75, 3.05) is 45.4 Å². The second-order valence-electron chi connectivity index (χ2n) is 5.41. The Labute approximate surface area is 110 Å². The van der Waals surface area contributed by atoms with Crippen LogP contribution in [0.3, 0.4) is 0 Å². The lowest BCUT2D eigenvalue weighted by atomic mass is 9.82. The van der Waals surface area contributed by atoms with Gasteiger partial charge in [0.25, 0.3) is 0 Å². The molecule has 1 rings (SSSR count). The van der Waals surface area contributed by atoms with E-state index in [-0.39, 0.29) is 5.41 Å². The Morgan fingerprint density at radius 3 is 2.82 bits per heavy atom. The summed E-state index contributed by atoms with van der Waals surface area (Å²) in [5, 5.41) is 0. The molecule has 1 fully saturated rings. The largest absolute Gasteiger partial charge is 0.381 e. The van der Waals surface area contributed by atoms with Crippen molar-refractivity contribution in [3.8, 4) is 0 Å². The van der Waals surface area contributed by atoms with Crippen molar-refractivity contribution in [1.82, 2.24) is 4.90 Å². The molecule has 1 aliphatic rings. The summed E-state index contributed by atoms with van der Waals surface area (Å²) >= 11 is 1.92. The molecule has 0 spiro atoms. The Hall–Kier alpha value is 0.230. The highest BCUT2D eigenvalue weighted by atomic mass is 32.2. The van der Waals surface area contributed by atoms with E-state index < -0.39 is 0 Å². The molecule has 0 amide bonds. The molecule has 0 aromatic carbocycles. The predicted molar refractivity (Wildman–Crippen MR) is 76.6 cm³/mol. The quantitative estimate of drug-likeness (QED) is 0.758. The third-order valence-corrected chi connectivity index (χ3v) is 4.56. The lowest BCUT2D eigenvalue weighted by Gasteiger charge is -2.40. The molecule has 17 heavy (non-hydrogen) atoms. The first-order valence-corrected chi connectivity index (χ1v) is 8.00. The molecule has 0 saturated carbocycles. The SMILES string of the molecule is CSCCC(C)N(C)CC1(CN)CCCOC1. The maximum Gasteiger partial charge on any atom is 0.0546 e. The molecular formula is C13H28N2OS. The van der Waals surface area contributed by atoms with Gasteiger partial charge in [0.2, 0.25) is 0 Å². The van der Waals surface area contributed by atoms with E-state index in [0.29, 0.717) is 6.04 Å². The highest BCUT2D eigenvalue weighted by molar-refractivity contribution is 7.98. The summed E-state index contributed by atoms with van der Waals surface area (Å²) in [5.41, 5.74) is 6.17. The standard InChI is InChI=1S/C13H28N2OS/c1-12(5-8-17-3)15(2)10-13(9-14)6-4-7-16-11-13/h12H,4-11,14H2,1-3H3. The van der Waals surface area contributed by atoms with Crippen LogP contribution in [0.15, 0.2) is 0 Å². The Kier molecular flexibility index (Phi) is 6.85. The first-order valence-electron chi connectivity index (χ1n) is 6.60. The van der Waals surface area contributed by atoms with Crippen LogP contribution in [0, 0.1) is 5.41 Å². The van der Waals surface area contributed by atoms with E-state index in [4.69, 9.17) is 10.5 Å². The van der Waals surface area contributed by atoms with Crippen molar-refractivity contribution in [2.24, 2.45) is 11.1 Å². The Morgan fingerprint density at radius 2 is 2.29 bits per heavy atom. The number of hydrogen-bond acceptors (Lipinski definition) is 4. The van der Waals surface area contributed by atoms with E-state index in [0.717, 1.165) is 32.7 Å². The second-order valence-corrected chi connectivity index (χ2v) is 6.39. The van der Waals surface area contributed by atoms with Gasteiger partial charge in [-0.15, -0.1) is 0 Å². The molecular weight excluding hydrogens is 232 g/mol. The van der Waals surface area contributed by atoms with Crippen LogP contribution in [-0.2, 0) is 4.74 Å². The zero-order valence-electron chi connectivity index (χ0n) is 11.6. The molecule has 3 nitrogen and oxygen atoms in total. The molecule has 4 heteroatoms. The van der Waals surface area contributed by atoms with Gasteiger partial charge in [-0.3, -0.25) is 0 Å². The summed E-state index contributed by atoms with van der Waals surface area (Å²) in [5.74, 6) is 1.23. The topological polar surface area (TPSA) is 38.5 Å². The van der Waals surface area contributed by atoms with Crippen molar-refractivity contribution in [1.29, 1.82) is 0 Å². The summed E-state index contributed by atoms with van der Waals surface area (Å²) in [7, 11) is 2.22. The minimum absolute atomic E-state index is 0.195. The molecule has 2 atom stereocenters. The molecule has 0 radical (unpaired) electrons. The summed E-state index contributed by atoms with van der Waals surface area (Å²) in [4.78, 5) is 2.46. The van der Waals surface area contributed by atoms with Crippen molar-refractivity contribution in [3.05, 3.63) is 0 Å². The molecule has 0 bridgehead atoms. The monoisotopic (exact) mass is 260 g/mol. The van der Waals surface area contributed by atoms with E-state index in [1.54, 1.807) is 0 Å². The van der Waals surface area contributed by atoms with Crippen LogP contribution in [-0.4, -0.2) is 56.3 Å². The van der Waals surface area contributed by atoms with E-state index in [1.807, 2.05) is 11.8 Å². The van der Waals surface area contributed by atoms with Crippen LogP contribution in [0.2, 0.25) is 0 Å². The Bertz CT molecular complexity index is 208. The molecule has 2 N–H and O–H groups in total. The number of nitrogens with zero attached hydrogens (tertiary/aromatic N) is 1. The molecule has 2 unspecified atom stereocenters. The summed E-state index contributed by atoms with van der Waals surface area (Å²) < 4.78 is 5.63. The molecule has 0 aliphatic carbocycles. The average molecular weight is 260 g/mol.